The number of anilines is 2. The Labute approximate surface area is 155 Å². The van der Waals surface area contributed by atoms with E-state index in [4.69, 9.17) is 4.74 Å². The van der Waals surface area contributed by atoms with Gasteiger partial charge in [0.15, 0.2) is 0 Å². The number of aromatic nitrogens is 1. The van der Waals surface area contributed by atoms with E-state index in [2.05, 4.69) is 20.5 Å². The molecule has 140 valence electrons. The number of benzene rings is 1. The van der Waals surface area contributed by atoms with Crippen molar-refractivity contribution in [3.05, 3.63) is 48.2 Å². The van der Waals surface area contributed by atoms with Crippen molar-refractivity contribution in [3.63, 3.8) is 0 Å². The maximum Gasteiger partial charge on any atom is 0.251 e. The van der Waals surface area contributed by atoms with Crippen LogP contribution in [0.15, 0.2) is 42.6 Å². The summed E-state index contributed by atoms with van der Waals surface area (Å²) in [4.78, 5) is 18.6. The number of carbonyl (C=O) groups is 1. The molecule has 0 unspecified atom stereocenters. The summed E-state index contributed by atoms with van der Waals surface area (Å²) in [5.41, 5.74) is 1.48. The highest BCUT2D eigenvalue weighted by Crippen LogP contribution is 2.20. The van der Waals surface area contributed by atoms with E-state index >= 15 is 0 Å². The van der Waals surface area contributed by atoms with Crippen LogP contribution in [0.3, 0.4) is 0 Å². The van der Waals surface area contributed by atoms with Gasteiger partial charge in [-0.2, -0.15) is 0 Å². The summed E-state index contributed by atoms with van der Waals surface area (Å²) in [5.74, 6) is 1.36. The Morgan fingerprint density at radius 2 is 1.92 bits per heavy atom. The van der Waals surface area contributed by atoms with Gasteiger partial charge in [0.2, 0.25) is 0 Å². The molecule has 0 radical (unpaired) electrons. The van der Waals surface area contributed by atoms with E-state index in [1.165, 1.54) is 0 Å². The van der Waals surface area contributed by atoms with Crippen molar-refractivity contribution in [3.8, 4) is 5.75 Å². The van der Waals surface area contributed by atoms with Crippen LogP contribution in [0.5, 0.6) is 5.75 Å². The van der Waals surface area contributed by atoms with E-state index in [1.807, 2.05) is 52.2 Å². The Morgan fingerprint density at radius 3 is 2.58 bits per heavy atom. The number of carbonyl (C=O) groups excluding carboxylic acids is 1. The summed E-state index contributed by atoms with van der Waals surface area (Å²) in [5, 5.41) is 6.14. The van der Waals surface area contributed by atoms with E-state index in [-0.39, 0.29) is 12.0 Å². The molecular weight excluding hydrogens is 328 g/mol. The Morgan fingerprint density at radius 1 is 1.19 bits per heavy atom. The zero-order valence-electron chi connectivity index (χ0n) is 16.0. The first kappa shape index (κ1) is 19.7. The standard InChI is InChI=1S/C20H28N4O2/c1-15(2)26-18-8-6-17(7-9-18)23-19-14-16(10-12-21-19)20(25)22-11-5-13-24(3)4/h6-10,12,14-15H,5,11,13H2,1-4H3,(H,21,23)(H,22,25). The van der Waals surface area contributed by atoms with Crippen molar-refractivity contribution < 1.29 is 9.53 Å². The first-order chi connectivity index (χ1) is 12.4. The van der Waals surface area contributed by atoms with Gasteiger partial charge in [-0.15, -0.1) is 0 Å². The second-order valence-corrected chi connectivity index (χ2v) is 6.66. The molecule has 0 bridgehead atoms. The minimum absolute atomic E-state index is 0.0881. The molecule has 0 fully saturated rings. The Balaban J connectivity index is 1.92. The lowest BCUT2D eigenvalue weighted by molar-refractivity contribution is 0.0952. The fraction of sp³-hybridized carbons (Fsp3) is 0.400. The van der Waals surface area contributed by atoms with Crippen molar-refractivity contribution in [2.75, 3.05) is 32.5 Å². The van der Waals surface area contributed by atoms with Crippen LogP contribution in [0.4, 0.5) is 11.5 Å². The van der Waals surface area contributed by atoms with Gasteiger partial charge in [0, 0.05) is 24.0 Å². The number of rotatable bonds is 9. The number of nitrogens with zero attached hydrogens (tertiary/aromatic N) is 2. The van der Waals surface area contributed by atoms with E-state index < -0.39 is 0 Å². The van der Waals surface area contributed by atoms with Crippen LogP contribution >= 0.6 is 0 Å². The fourth-order valence-electron chi connectivity index (χ4n) is 2.38. The highest BCUT2D eigenvalue weighted by molar-refractivity contribution is 5.94. The normalized spacial score (nSPS) is 10.8. The minimum Gasteiger partial charge on any atom is -0.491 e. The monoisotopic (exact) mass is 356 g/mol. The minimum atomic E-state index is -0.0881. The molecule has 0 atom stereocenters. The third-order valence-electron chi connectivity index (χ3n) is 3.59. The Bertz CT molecular complexity index is 699. The van der Waals surface area contributed by atoms with Crippen molar-refractivity contribution >= 4 is 17.4 Å². The molecule has 0 aliphatic rings. The third-order valence-corrected chi connectivity index (χ3v) is 3.59. The van der Waals surface area contributed by atoms with Crippen molar-refractivity contribution in [2.45, 2.75) is 26.4 Å². The number of nitrogens with one attached hydrogen (secondary N) is 2. The van der Waals surface area contributed by atoms with Gasteiger partial charge >= 0.3 is 0 Å². The topological polar surface area (TPSA) is 66.5 Å². The number of hydrogen-bond donors (Lipinski definition) is 2. The molecule has 6 heteroatoms. The molecule has 2 aromatic rings. The average molecular weight is 356 g/mol. The van der Waals surface area contributed by atoms with Crippen molar-refractivity contribution in [1.29, 1.82) is 0 Å². The molecule has 26 heavy (non-hydrogen) atoms. The molecule has 0 aliphatic heterocycles. The van der Waals surface area contributed by atoms with E-state index in [0.29, 0.717) is 17.9 Å². The predicted molar refractivity (Wildman–Crippen MR) is 105 cm³/mol. The maximum atomic E-state index is 12.2. The maximum absolute atomic E-state index is 12.2. The van der Waals surface area contributed by atoms with Gasteiger partial charge in [-0.1, -0.05) is 0 Å². The van der Waals surface area contributed by atoms with E-state index in [1.54, 1.807) is 18.3 Å². The fourth-order valence-corrected chi connectivity index (χ4v) is 2.38. The van der Waals surface area contributed by atoms with Crippen molar-refractivity contribution in [1.82, 2.24) is 15.2 Å². The summed E-state index contributed by atoms with van der Waals surface area (Å²) in [6.45, 7) is 5.58. The number of hydrogen-bond acceptors (Lipinski definition) is 5. The molecule has 2 N–H and O–H groups in total. The quantitative estimate of drug-likeness (QED) is 0.675. The second kappa shape index (κ2) is 9.77. The van der Waals surface area contributed by atoms with Crippen LogP contribution in [-0.4, -0.2) is 49.1 Å². The summed E-state index contributed by atoms with van der Waals surface area (Å²) >= 11 is 0. The second-order valence-electron chi connectivity index (χ2n) is 6.66. The smallest absolute Gasteiger partial charge is 0.251 e. The molecule has 0 aliphatic carbocycles. The Kier molecular flexibility index (Phi) is 7.41. The number of ether oxygens (including phenoxy) is 1. The molecule has 0 saturated heterocycles. The lowest BCUT2D eigenvalue weighted by Crippen LogP contribution is -2.27. The lowest BCUT2D eigenvalue weighted by atomic mass is 10.2. The molecule has 0 saturated carbocycles. The van der Waals surface area contributed by atoms with Crippen LogP contribution in [0.1, 0.15) is 30.6 Å². The van der Waals surface area contributed by atoms with Crippen LogP contribution in [0.2, 0.25) is 0 Å². The van der Waals surface area contributed by atoms with Gasteiger partial charge in [0.05, 0.1) is 6.10 Å². The number of pyridine rings is 1. The first-order valence-electron chi connectivity index (χ1n) is 8.87. The molecule has 1 aromatic heterocycles. The molecule has 1 heterocycles. The first-order valence-corrected chi connectivity index (χ1v) is 8.87. The molecular formula is C20H28N4O2. The zero-order chi connectivity index (χ0) is 18.9. The van der Waals surface area contributed by atoms with Gasteiger partial charge in [0.1, 0.15) is 11.6 Å². The molecule has 1 aromatic carbocycles. The molecule has 1 amide bonds. The summed E-state index contributed by atoms with van der Waals surface area (Å²) in [7, 11) is 4.04. The van der Waals surface area contributed by atoms with Crippen LogP contribution in [0, 0.1) is 0 Å². The zero-order valence-corrected chi connectivity index (χ0v) is 16.0. The lowest BCUT2D eigenvalue weighted by Gasteiger charge is -2.12. The third kappa shape index (κ3) is 6.72. The largest absolute Gasteiger partial charge is 0.491 e. The van der Waals surface area contributed by atoms with Gasteiger partial charge in [-0.25, -0.2) is 4.98 Å². The molecule has 0 spiro atoms. The number of amides is 1. The van der Waals surface area contributed by atoms with Gasteiger partial charge in [-0.3, -0.25) is 4.79 Å². The average Bonchev–Trinajstić information content (AvgIpc) is 2.60. The van der Waals surface area contributed by atoms with Crippen LogP contribution < -0.4 is 15.4 Å². The summed E-state index contributed by atoms with van der Waals surface area (Å²) in [6.07, 6.45) is 2.69. The summed E-state index contributed by atoms with van der Waals surface area (Å²) in [6, 6.07) is 11.1. The molecule has 6 nitrogen and oxygen atoms in total. The molecule has 2 rings (SSSR count). The van der Waals surface area contributed by atoms with E-state index in [9.17, 15) is 4.79 Å². The van der Waals surface area contributed by atoms with E-state index in [0.717, 1.165) is 24.4 Å². The summed E-state index contributed by atoms with van der Waals surface area (Å²) < 4.78 is 5.63. The van der Waals surface area contributed by atoms with Gasteiger partial charge in [-0.05, 0) is 77.3 Å². The van der Waals surface area contributed by atoms with Gasteiger partial charge in [0.25, 0.3) is 5.91 Å². The van der Waals surface area contributed by atoms with Crippen LogP contribution in [0.25, 0.3) is 0 Å². The predicted octanol–water partition coefficient (Wildman–Crippen LogP) is 3.29. The Hall–Kier alpha value is -2.60. The highest BCUT2D eigenvalue weighted by Gasteiger charge is 2.07. The SMILES string of the molecule is CC(C)Oc1ccc(Nc2cc(C(=O)NCCCN(C)C)ccn2)cc1. The highest BCUT2D eigenvalue weighted by atomic mass is 16.5. The van der Waals surface area contributed by atoms with Crippen LogP contribution in [-0.2, 0) is 0 Å². The van der Waals surface area contributed by atoms with Gasteiger partial charge < -0.3 is 20.3 Å². The van der Waals surface area contributed by atoms with Crippen molar-refractivity contribution in [2.24, 2.45) is 0 Å².